The number of methoxy groups -OCH3 is 1. The average molecular weight is 378 g/mol. The van der Waals surface area contributed by atoms with Gasteiger partial charge in [0.25, 0.3) is 0 Å². The Labute approximate surface area is 160 Å². The van der Waals surface area contributed by atoms with Crippen molar-refractivity contribution in [2.75, 3.05) is 7.11 Å². The van der Waals surface area contributed by atoms with E-state index in [2.05, 4.69) is 35.0 Å². The fraction of sp³-hybridized carbons (Fsp3) is 0.381. The normalized spacial score (nSPS) is 23.2. The molecule has 1 aromatic carbocycles. The van der Waals surface area contributed by atoms with Crippen LogP contribution < -0.4 is 16.0 Å². The Balaban J connectivity index is 1.63. The van der Waals surface area contributed by atoms with Crippen molar-refractivity contribution >= 4 is 28.2 Å². The van der Waals surface area contributed by atoms with E-state index in [1.807, 2.05) is 12.1 Å². The Bertz CT molecular complexity index is 1290. The van der Waals surface area contributed by atoms with Gasteiger partial charge >= 0.3 is 11.2 Å². The molecule has 2 heterocycles. The topological polar surface area (TPSA) is 92.2 Å². The monoisotopic (exact) mass is 378 g/mol. The number of hydrogen-bond acceptors (Lipinski definition) is 4. The van der Waals surface area contributed by atoms with Crippen molar-refractivity contribution in [3.05, 3.63) is 50.7 Å². The molecule has 2 bridgehead atoms. The lowest BCUT2D eigenvalue weighted by Crippen LogP contribution is -2.48. The van der Waals surface area contributed by atoms with E-state index in [1.165, 1.54) is 0 Å². The molecule has 7 nitrogen and oxygen atoms in total. The molecule has 1 saturated carbocycles. The number of aromatic nitrogens is 3. The minimum Gasteiger partial charge on any atom is -0.496 e. The van der Waals surface area contributed by atoms with E-state index in [-0.39, 0.29) is 5.41 Å². The van der Waals surface area contributed by atoms with Gasteiger partial charge in [0.05, 0.1) is 29.7 Å². The highest BCUT2D eigenvalue weighted by atomic mass is 16.5. The lowest BCUT2D eigenvalue weighted by atomic mass is 9.49. The Morgan fingerprint density at radius 1 is 1.25 bits per heavy atom. The fourth-order valence-electron chi connectivity index (χ4n) is 4.80. The molecule has 0 amide bonds. The molecule has 6 rings (SSSR count). The van der Waals surface area contributed by atoms with Crippen LogP contribution in [0, 0.1) is 17.3 Å². The molecule has 0 spiro atoms. The van der Waals surface area contributed by atoms with E-state index in [9.17, 15) is 9.59 Å². The van der Waals surface area contributed by atoms with E-state index >= 15 is 0 Å². The molecule has 3 aliphatic rings. The molecule has 2 aromatic heterocycles. The van der Waals surface area contributed by atoms with Gasteiger partial charge in [-0.25, -0.2) is 4.79 Å². The van der Waals surface area contributed by atoms with Crippen molar-refractivity contribution < 1.29 is 4.74 Å². The molecule has 7 heteroatoms. The summed E-state index contributed by atoms with van der Waals surface area (Å²) in [7, 11) is 1.56. The molecule has 2 unspecified atom stereocenters. The summed E-state index contributed by atoms with van der Waals surface area (Å²) in [5, 5.41) is 4.93. The SMILES string of the molecule is COc1cccc2[nH]c3c(=O)n(/N=C/C4=CCC5CC4C5(C)C)c(=O)[nH]c3c12. The highest BCUT2D eigenvalue weighted by molar-refractivity contribution is 6.07. The molecule has 3 aromatic rings. The quantitative estimate of drug-likeness (QED) is 0.686. The lowest BCUT2D eigenvalue weighted by molar-refractivity contribution is -0.00127. The zero-order valence-electron chi connectivity index (χ0n) is 16.1. The number of benzene rings is 1. The van der Waals surface area contributed by atoms with Gasteiger partial charge in [0.15, 0.2) is 0 Å². The number of fused-ring (bicyclic) bond motifs is 4. The first-order valence-corrected chi connectivity index (χ1v) is 9.50. The van der Waals surface area contributed by atoms with Crippen LogP contribution in [-0.2, 0) is 0 Å². The van der Waals surface area contributed by atoms with Crippen LogP contribution in [0.5, 0.6) is 5.75 Å². The van der Waals surface area contributed by atoms with E-state index in [4.69, 9.17) is 4.74 Å². The van der Waals surface area contributed by atoms with Gasteiger partial charge < -0.3 is 14.7 Å². The zero-order valence-corrected chi connectivity index (χ0v) is 16.1. The van der Waals surface area contributed by atoms with Crippen molar-refractivity contribution in [1.29, 1.82) is 0 Å². The van der Waals surface area contributed by atoms with Crippen LogP contribution >= 0.6 is 0 Å². The minimum absolute atomic E-state index is 0.255. The maximum Gasteiger partial charge on any atom is 0.350 e. The summed E-state index contributed by atoms with van der Waals surface area (Å²) in [5.74, 6) is 1.75. The molecule has 28 heavy (non-hydrogen) atoms. The summed E-state index contributed by atoms with van der Waals surface area (Å²) in [6.45, 7) is 4.55. The highest BCUT2D eigenvalue weighted by Crippen LogP contribution is 2.58. The molecule has 144 valence electrons. The number of aromatic amines is 2. The molecule has 2 atom stereocenters. The summed E-state index contributed by atoms with van der Waals surface area (Å²) < 4.78 is 6.27. The first-order chi connectivity index (χ1) is 13.4. The van der Waals surface area contributed by atoms with Gasteiger partial charge in [0.2, 0.25) is 0 Å². The lowest BCUT2D eigenvalue weighted by Gasteiger charge is -2.55. The van der Waals surface area contributed by atoms with Gasteiger partial charge in [0.1, 0.15) is 11.3 Å². The average Bonchev–Trinajstić information content (AvgIpc) is 3.06. The van der Waals surface area contributed by atoms with Crippen molar-refractivity contribution in [3.63, 3.8) is 0 Å². The second kappa shape index (κ2) is 5.70. The van der Waals surface area contributed by atoms with Crippen molar-refractivity contribution in [2.24, 2.45) is 22.4 Å². The van der Waals surface area contributed by atoms with Gasteiger partial charge in [-0.05, 0) is 47.8 Å². The summed E-state index contributed by atoms with van der Waals surface area (Å²) in [6, 6.07) is 5.46. The maximum atomic E-state index is 12.9. The van der Waals surface area contributed by atoms with Crippen molar-refractivity contribution in [1.82, 2.24) is 14.6 Å². The number of nitrogens with one attached hydrogen (secondary N) is 2. The molecular formula is C21H22N4O3. The molecule has 2 N–H and O–H groups in total. The first kappa shape index (κ1) is 17.0. The number of nitrogens with zero attached hydrogens (tertiary/aromatic N) is 2. The predicted molar refractivity (Wildman–Crippen MR) is 109 cm³/mol. The smallest absolute Gasteiger partial charge is 0.350 e. The van der Waals surface area contributed by atoms with Crippen LogP contribution in [0.15, 0.2) is 44.5 Å². The summed E-state index contributed by atoms with van der Waals surface area (Å²) in [4.78, 5) is 31.4. The zero-order chi connectivity index (χ0) is 19.6. The van der Waals surface area contributed by atoms with Crippen LogP contribution in [0.3, 0.4) is 0 Å². The van der Waals surface area contributed by atoms with Gasteiger partial charge in [-0.3, -0.25) is 4.79 Å². The molecule has 3 aliphatic carbocycles. The van der Waals surface area contributed by atoms with Crippen LogP contribution in [0.1, 0.15) is 26.7 Å². The van der Waals surface area contributed by atoms with E-state index in [0.29, 0.717) is 28.1 Å². The standard InChI is InChI=1S/C21H22N4O3/c1-21(2)12-8-7-11(13(21)9-12)10-22-25-19(26)18-17(24-20(25)27)16-14(23-18)5-4-6-15(16)28-3/h4-7,10,12-13,23H,8-9H2,1-3H3,(H,24,27)/b22-10+. The Morgan fingerprint density at radius 2 is 2.07 bits per heavy atom. The van der Waals surface area contributed by atoms with Gasteiger partial charge in [-0.1, -0.05) is 26.0 Å². The Hall–Kier alpha value is -3.09. The van der Waals surface area contributed by atoms with E-state index in [1.54, 1.807) is 19.4 Å². The Morgan fingerprint density at radius 3 is 2.79 bits per heavy atom. The van der Waals surface area contributed by atoms with Crippen molar-refractivity contribution in [3.8, 4) is 5.75 Å². The van der Waals surface area contributed by atoms with Crippen LogP contribution in [-0.4, -0.2) is 28.0 Å². The number of hydrogen-bond donors (Lipinski definition) is 2. The minimum atomic E-state index is -0.567. The second-order valence-electron chi connectivity index (χ2n) is 8.30. The third-order valence-corrected chi connectivity index (χ3v) is 6.67. The van der Waals surface area contributed by atoms with Crippen LogP contribution in [0.4, 0.5) is 0 Å². The number of allylic oxidation sites excluding steroid dienone is 2. The maximum absolute atomic E-state index is 12.9. The van der Waals surface area contributed by atoms with Crippen LogP contribution in [0.2, 0.25) is 0 Å². The predicted octanol–water partition coefficient (Wildman–Crippen LogP) is 3.01. The summed E-state index contributed by atoms with van der Waals surface area (Å²) in [6.07, 6.45) is 6.03. The molecule has 0 radical (unpaired) electrons. The largest absolute Gasteiger partial charge is 0.496 e. The third-order valence-electron chi connectivity index (χ3n) is 6.67. The number of ether oxygens (including phenoxy) is 1. The highest BCUT2D eigenvalue weighted by Gasteiger charge is 2.50. The van der Waals surface area contributed by atoms with E-state index < -0.39 is 11.2 Å². The van der Waals surface area contributed by atoms with E-state index in [0.717, 1.165) is 34.5 Å². The number of rotatable bonds is 3. The summed E-state index contributed by atoms with van der Waals surface area (Å²) >= 11 is 0. The summed E-state index contributed by atoms with van der Waals surface area (Å²) in [5.41, 5.74) is 1.79. The van der Waals surface area contributed by atoms with Gasteiger partial charge in [-0.15, -0.1) is 4.68 Å². The van der Waals surface area contributed by atoms with Crippen molar-refractivity contribution in [2.45, 2.75) is 26.7 Å². The molecular weight excluding hydrogens is 356 g/mol. The Kier molecular flexibility index (Phi) is 3.47. The third kappa shape index (κ3) is 2.19. The first-order valence-electron chi connectivity index (χ1n) is 9.50. The fourth-order valence-corrected chi connectivity index (χ4v) is 4.80. The van der Waals surface area contributed by atoms with Gasteiger partial charge in [-0.2, -0.15) is 5.10 Å². The number of H-pyrrole nitrogens is 2. The van der Waals surface area contributed by atoms with Crippen LogP contribution in [0.25, 0.3) is 21.9 Å². The molecule has 0 saturated heterocycles. The molecule has 1 fully saturated rings. The second-order valence-corrected chi connectivity index (χ2v) is 8.30. The van der Waals surface area contributed by atoms with Gasteiger partial charge in [0, 0.05) is 0 Å². The molecule has 0 aliphatic heterocycles.